The highest BCUT2D eigenvalue weighted by molar-refractivity contribution is 7.89. The summed E-state index contributed by atoms with van der Waals surface area (Å²) in [7, 11) is -0.360. The Balaban J connectivity index is 2.08. The molecule has 2 atom stereocenters. The fourth-order valence-corrected chi connectivity index (χ4v) is 3.69. The molecule has 1 saturated heterocycles. The minimum atomic E-state index is -3.35. The third-order valence-corrected chi connectivity index (χ3v) is 5.89. The maximum Gasteiger partial charge on any atom is 0.255 e. The molecule has 1 fully saturated rings. The van der Waals surface area contributed by atoms with Crippen LogP contribution < -0.4 is 10.1 Å². The summed E-state index contributed by atoms with van der Waals surface area (Å²) in [5.74, 6) is -0.116. The van der Waals surface area contributed by atoms with Crippen LogP contribution in [0.2, 0.25) is 0 Å². The average Bonchev–Trinajstić information content (AvgIpc) is 2.94. The van der Waals surface area contributed by atoms with Gasteiger partial charge in [0.25, 0.3) is 5.91 Å². The number of amides is 1. The summed E-state index contributed by atoms with van der Waals surface area (Å²) < 4.78 is 36.2. The van der Waals surface area contributed by atoms with Crippen molar-refractivity contribution < 1.29 is 22.7 Å². The molecule has 1 aliphatic heterocycles. The van der Waals surface area contributed by atoms with E-state index >= 15 is 0 Å². The van der Waals surface area contributed by atoms with Gasteiger partial charge in [-0.05, 0) is 19.1 Å². The Morgan fingerprint density at radius 2 is 2.04 bits per heavy atom. The van der Waals surface area contributed by atoms with Crippen molar-refractivity contribution in [3.05, 3.63) is 29.8 Å². The highest BCUT2D eigenvalue weighted by Gasteiger charge is 2.34. The molecule has 24 heavy (non-hydrogen) atoms. The molecule has 2 rings (SSSR count). The molecule has 1 N–H and O–H groups in total. The summed E-state index contributed by atoms with van der Waals surface area (Å²) in [6, 6.07) is 6.63. The number of para-hydroxylation sites is 1. The Bertz CT molecular complexity index is 675. The van der Waals surface area contributed by atoms with Gasteiger partial charge in [0.15, 0.2) is 0 Å². The molecule has 0 radical (unpaired) electrons. The van der Waals surface area contributed by atoms with Crippen LogP contribution in [0.3, 0.4) is 0 Å². The Morgan fingerprint density at radius 3 is 2.71 bits per heavy atom. The third kappa shape index (κ3) is 4.46. The molecule has 1 aliphatic rings. The number of benzene rings is 1. The second-order valence-corrected chi connectivity index (χ2v) is 8.10. The van der Waals surface area contributed by atoms with Crippen molar-refractivity contribution in [1.29, 1.82) is 0 Å². The van der Waals surface area contributed by atoms with E-state index in [1.807, 2.05) is 6.92 Å². The topological polar surface area (TPSA) is 84.9 Å². The molecule has 1 amide bonds. The molecule has 8 heteroatoms. The first kappa shape index (κ1) is 18.7. The average molecular weight is 356 g/mol. The first-order valence-corrected chi connectivity index (χ1v) is 9.46. The Hall–Kier alpha value is -1.64. The maximum atomic E-state index is 12.5. The van der Waals surface area contributed by atoms with E-state index in [-0.39, 0.29) is 23.6 Å². The van der Waals surface area contributed by atoms with Crippen LogP contribution in [0.25, 0.3) is 0 Å². The summed E-state index contributed by atoms with van der Waals surface area (Å²) in [4.78, 5) is 12.5. The number of carbonyl (C=O) groups is 1. The highest BCUT2D eigenvalue weighted by Crippen LogP contribution is 2.21. The number of nitrogens with one attached hydrogen (secondary N) is 1. The van der Waals surface area contributed by atoms with Gasteiger partial charge in [0, 0.05) is 20.0 Å². The van der Waals surface area contributed by atoms with Crippen LogP contribution >= 0.6 is 0 Å². The third-order valence-electron chi connectivity index (χ3n) is 3.93. The number of ether oxygens (including phenoxy) is 2. The van der Waals surface area contributed by atoms with Crippen LogP contribution in [-0.2, 0) is 14.8 Å². The first-order valence-electron chi connectivity index (χ1n) is 7.85. The predicted octanol–water partition coefficient (Wildman–Crippen LogP) is 0.722. The van der Waals surface area contributed by atoms with Crippen molar-refractivity contribution in [3.63, 3.8) is 0 Å². The van der Waals surface area contributed by atoms with Gasteiger partial charge in [-0.1, -0.05) is 12.1 Å². The van der Waals surface area contributed by atoms with E-state index in [0.717, 1.165) is 0 Å². The van der Waals surface area contributed by atoms with Crippen molar-refractivity contribution in [3.8, 4) is 5.75 Å². The zero-order valence-electron chi connectivity index (χ0n) is 14.2. The summed E-state index contributed by atoms with van der Waals surface area (Å²) in [6.07, 6.45) is 0. The lowest BCUT2D eigenvalue weighted by Gasteiger charge is -2.21. The lowest BCUT2D eigenvalue weighted by atomic mass is 10.1. The zero-order valence-corrected chi connectivity index (χ0v) is 15.0. The van der Waals surface area contributed by atoms with Crippen LogP contribution in [0.4, 0.5) is 0 Å². The molecule has 1 aromatic carbocycles. The number of rotatable bonds is 7. The normalized spacial score (nSPS) is 21.0. The van der Waals surface area contributed by atoms with Gasteiger partial charge in [0.2, 0.25) is 10.0 Å². The van der Waals surface area contributed by atoms with E-state index in [9.17, 15) is 13.2 Å². The van der Waals surface area contributed by atoms with Crippen molar-refractivity contribution in [2.75, 3.05) is 39.7 Å². The number of hydrogen-bond acceptors (Lipinski definition) is 5. The SMILES string of the molecule is CCOc1ccccc1C(=O)N[C@H]1COC[C@H]1CS(=O)(=O)N(C)C. The van der Waals surface area contributed by atoms with Crippen molar-refractivity contribution in [2.24, 2.45) is 5.92 Å². The number of hydrogen-bond donors (Lipinski definition) is 1. The Morgan fingerprint density at radius 1 is 1.33 bits per heavy atom. The zero-order chi connectivity index (χ0) is 17.7. The molecular weight excluding hydrogens is 332 g/mol. The van der Waals surface area contributed by atoms with Crippen LogP contribution in [0.1, 0.15) is 17.3 Å². The van der Waals surface area contributed by atoms with E-state index in [4.69, 9.17) is 9.47 Å². The quantitative estimate of drug-likeness (QED) is 0.778. The van der Waals surface area contributed by atoms with Crippen molar-refractivity contribution in [1.82, 2.24) is 9.62 Å². The number of carbonyl (C=O) groups excluding carboxylic acids is 1. The van der Waals surface area contributed by atoms with E-state index in [1.165, 1.54) is 18.4 Å². The van der Waals surface area contributed by atoms with Crippen LogP contribution in [0.5, 0.6) is 5.75 Å². The molecule has 0 saturated carbocycles. The predicted molar refractivity (Wildman–Crippen MR) is 90.6 cm³/mol. The molecule has 0 aliphatic carbocycles. The Labute approximate surface area is 143 Å². The highest BCUT2D eigenvalue weighted by atomic mass is 32.2. The van der Waals surface area contributed by atoms with Gasteiger partial charge < -0.3 is 14.8 Å². The van der Waals surface area contributed by atoms with Gasteiger partial charge >= 0.3 is 0 Å². The smallest absolute Gasteiger partial charge is 0.255 e. The number of sulfonamides is 1. The lowest BCUT2D eigenvalue weighted by molar-refractivity contribution is 0.0922. The summed E-state index contributed by atoms with van der Waals surface area (Å²) in [6.45, 7) is 2.92. The minimum Gasteiger partial charge on any atom is -0.493 e. The van der Waals surface area contributed by atoms with Gasteiger partial charge in [-0.15, -0.1) is 0 Å². The standard InChI is InChI=1S/C16H24N2O5S/c1-4-23-15-8-6-5-7-13(15)16(19)17-14-10-22-9-12(14)11-24(20,21)18(2)3/h5-8,12,14H,4,9-11H2,1-3H3,(H,17,19)/t12-,14-/m0/s1. The molecule has 1 aromatic rings. The van der Waals surface area contributed by atoms with Crippen LogP contribution in [-0.4, -0.2) is 64.3 Å². The van der Waals surface area contributed by atoms with Crippen LogP contribution in [0.15, 0.2) is 24.3 Å². The molecule has 0 aromatic heterocycles. The fraction of sp³-hybridized carbons (Fsp3) is 0.562. The van der Waals surface area contributed by atoms with Gasteiger partial charge in [0.05, 0.1) is 37.2 Å². The van der Waals surface area contributed by atoms with Crippen molar-refractivity contribution >= 4 is 15.9 Å². The summed E-state index contributed by atoms with van der Waals surface area (Å²) >= 11 is 0. The maximum absolute atomic E-state index is 12.5. The second kappa shape index (κ2) is 7.96. The lowest BCUT2D eigenvalue weighted by Crippen LogP contribution is -2.43. The Kier molecular flexibility index (Phi) is 6.20. The summed E-state index contributed by atoms with van der Waals surface area (Å²) in [5, 5.41) is 2.88. The van der Waals surface area contributed by atoms with E-state index in [0.29, 0.717) is 31.1 Å². The number of nitrogens with zero attached hydrogens (tertiary/aromatic N) is 1. The molecule has 1 heterocycles. The molecule has 0 spiro atoms. The monoisotopic (exact) mass is 356 g/mol. The largest absolute Gasteiger partial charge is 0.493 e. The fourth-order valence-electron chi connectivity index (χ4n) is 2.52. The van der Waals surface area contributed by atoms with Gasteiger partial charge in [-0.25, -0.2) is 12.7 Å². The van der Waals surface area contributed by atoms with E-state index < -0.39 is 10.0 Å². The second-order valence-electron chi connectivity index (χ2n) is 5.87. The van der Waals surface area contributed by atoms with Gasteiger partial charge in [-0.2, -0.15) is 0 Å². The molecule has 0 bridgehead atoms. The van der Waals surface area contributed by atoms with Crippen molar-refractivity contribution in [2.45, 2.75) is 13.0 Å². The molecule has 0 unspecified atom stereocenters. The van der Waals surface area contributed by atoms with E-state index in [1.54, 1.807) is 24.3 Å². The van der Waals surface area contributed by atoms with Crippen LogP contribution in [0, 0.1) is 5.92 Å². The van der Waals surface area contributed by atoms with Gasteiger partial charge in [-0.3, -0.25) is 4.79 Å². The van der Waals surface area contributed by atoms with Gasteiger partial charge in [0.1, 0.15) is 5.75 Å². The summed E-state index contributed by atoms with van der Waals surface area (Å²) in [5.41, 5.74) is 0.431. The molecule has 134 valence electrons. The van der Waals surface area contributed by atoms with E-state index in [2.05, 4.69) is 5.32 Å². The molecule has 7 nitrogen and oxygen atoms in total. The minimum absolute atomic E-state index is 0.0575. The molecular formula is C16H24N2O5S. The first-order chi connectivity index (χ1) is 11.3.